The van der Waals surface area contributed by atoms with Gasteiger partial charge >= 0.3 is 0 Å². The Bertz CT molecular complexity index is 854. The van der Waals surface area contributed by atoms with Crippen molar-refractivity contribution in [1.29, 1.82) is 0 Å². The zero-order valence-corrected chi connectivity index (χ0v) is 14.4. The first-order chi connectivity index (χ1) is 12.3. The second kappa shape index (κ2) is 7.05. The number of piperidine rings is 1. The summed E-state index contributed by atoms with van der Waals surface area (Å²) in [5.41, 5.74) is 2.10. The minimum absolute atomic E-state index is 0.580. The van der Waals surface area contributed by atoms with E-state index in [1.807, 2.05) is 37.4 Å². The maximum atomic E-state index is 6.00. The molecule has 1 aliphatic heterocycles. The van der Waals surface area contributed by atoms with E-state index in [-0.39, 0.29) is 0 Å². The zero-order valence-electron chi connectivity index (χ0n) is 14.4. The Morgan fingerprint density at radius 2 is 1.96 bits per heavy atom. The number of para-hydroxylation sites is 1. The van der Waals surface area contributed by atoms with E-state index in [1.165, 1.54) is 0 Å². The normalized spacial score (nSPS) is 15.5. The molecule has 5 nitrogen and oxygen atoms in total. The second-order valence-electron chi connectivity index (χ2n) is 6.60. The van der Waals surface area contributed by atoms with Gasteiger partial charge in [0.25, 0.3) is 0 Å². The molecule has 1 aromatic carbocycles. The van der Waals surface area contributed by atoms with Crippen LogP contribution in [0.3, 0.4) is 0 Å². The summed E-state index contributed by atoms with van der Waals surface area (Å²) in [6.45, 7) is 4.81. The molecule has 5 heteroatoms. The molecule has 2 aromatic heterocycles. The van der Waals surface area contributed by atoms with Crippen molar-refractivity contribution in [3.63, 3.8) is 0 Å². The van der Waals surface area contributed by atoms with Crippen molar-refractivity contribution in [2.24, 2.45) is 5.92 Å². The number of anilines is 1. The molecule has 25 heavy (non-hydrogen) atoms. The summed E-state index contributed by atoms with van der Waals surface area (Å²) in [5.74, 6) is 2.58. The molecule has 0 aliphatic carbocycles. The van der Waals surface area contributed by atoms with Crippen molar-refractivity contribution in [2.75, 3.05) is 24.6 Å². The van der Waals surface area contributed by atoms with Gasteiger partial charge in [-0.2, -0.15) is 0 Å². The number of aryl methyl sites for hydroxylation is 1. The van der Waals surface area contributed by atoms with Gasteiger partial charge < -0.3 is 9.64 Å². The van der Waals surface area contributed by atoms with E-state index in [0.717, 1.165) is 60.6 Å². The maximum absolute atomic E-state index is 6.00. The number of hydrogen-bond donors (Lipinski definition) is 0. The fourth-order valence-electron chi connectivity index (χ4n) is 3.38. The molecule has 3 heterocycles. The summed E-state index contributed by atoms with van der Waals surface area (Å²) in [6.07, 6.45) is 7.52. The number of fused-ring (bicyclic) bond motifs is 1. The standard InChI is InChI=1S/C20H22N4O/c1-15-12-21-9-6-19(15)25-13-16-7-10-24(11-8-16)20-17-4-2-3-5-18(17)22-14-23-20/h2-6,9,12,14,16H,7-8,10-11,13H2,1H3. The summed E-state index contributed by atoms with van der Waals surface area (Å²) < 4.78 is 6.00. The number of pyridine rings is 1. The van der Waals surface area contributed by atoms with Crippen LogP contribution in [0.1, 0.15) is 18.4 Å². The summed E-state index contributed by atoms with van der Waals surface area (Å²) in [7, 11) is 0. The van der Waals surface area contributed by atoms with Gasteiger partial charge in [-0.05, 0) is 43.9 Å². The van der Waals surface area contributed by atoms with E-state index in [4.69, 9.17) is 4.74 Å². The highest BCUT2D eigenvalue weighted by Gasteiger charge is 2.22. The van der Waals surface area contributed by atoms with E-state index >= 15 is 0 Å². The minimum atomic E-state index is 0.580. The molecule has 0 bridgehead atoms. The van der Waals surface area contributed by atoms with Gasteiger partial charge in [0.15, 0.2) is 0 Å². The van der Waals surface area contributed by atoms with E-state index in [0.29, 0.717) is 5.92 Å². The first-order valence-corrected chi connectivity index (χ1v) is 8.79. The van der Waals surface area contributed by atoms with Gasteiger partial charge in [-0.25, -0.2) is 9.97 Å². The number of benzene rings is 1. The van der Waals surface area contributed by atoms with Gasteiger partial charge in [0.05, 0.1) is 12.1 Å². The first-order valence-electron chi connectivity index (χ1n) is 8.79. The van der Waals surface area contributed by atoms with Crippen LogP contribution in [0.4, 0.5) is 5.82 Å². The van der Waals surface area contributed by atoms with E-state index < -0.39 is 0 Å². The molecule has 3 aromatic rings. The lowest BCUT2D eigenvalue weighted by Crippen LogP contribution is -2.36. The van der Waals surface area contributed by atoms with Crippen LogP contribution in [0.5, 0.6) is 5.75 Å². The third-order valence-corrected chi connectivity index (χ3v) is 4.88. The quantitative estimate of drug-likeness (QED) is 0.729. The van der Waals surface area contributed by atoms with Gasteiger partial charge in [-0.1, -0.05) is 12.1 Å². The monoisotopic (exact) mass is 334 g/mol. The van der Waals surface area contributed by atoms with E-state index in [1.54, 1.807) is 12.5 Å². The second-order valence-corrected chi connectivity index (χ2v) is 6.60. The Morgan fingerprint density at radius 1 is 1.12 bits per heavy atom. The SMILES string of the molecule is Cc1cnccc1OCC1CCN(c2ncnc3ccccc23)CC1. The third kappa shape index (κ3) is 3.40. The van der Waals surface area contributed by atoms with Crippen molar-refractivity contribution in [3.8, 4) is 5.75 Å². The van der Waals surface area contributed by atoms with Crippen LogP contribution >= 0.6 is 0 Å². The highest BCUT2D eigenvalue weighted by molar-refractivity contribution is 5.89. The number of aromatic nitrogens is 3. The summed E-state index contributed by atoms with van der Waals surface area (Å²) in [4.78, 5) is 15.4. The van der Waals surface area contributed by atoms with Gasteiger partial charge in [0.2, 0.25) is 0 Å². The molecule has 0 amide bonds. The molecule has 0 saturated carbocycles. The molecule has 0 spiro atoms. The molecule has 1 fully saturated rings. The Hall–Kier alpha value is -2.69. The minimum Gasteiger partial charge on any atom is -0.493 e. The molecule has 1 saturated heterocycles. The highest BCUT2D eigenvalue weighted by atomic mass is 16.5. The molecular weight excluding hydrogens is 312 g/mol. The van der Waals surface area contributed by atoms with Crippen molar-refractivity contribution in [1.82, 2.24) is 15.0 Å². The molecule has 0 atom stereocenters. The molecule has 128 valence electrons. The first kappa shape index (κ1) is 15.8. The van der Waals surface area contributed by atoms with Crippen molar-refractivity contribution >= 4 is 16.7 Å². The summed E-state index contributed by atoms with van der Waals surface area (Å²) >= 11 is 0. The van der Waals surface area contributed by atoms with Gasteiger partial charge in [-0.15, -0.1) is 0 Å². The Kier molecular flexibility index (Phi) is 4.46. The van der Waals surface area contributed by atoms with E-state index in [2.05, 4.69) is 25.9 Å². The lowest BCUT2D eigenvalue weighted by molar-refractivity contribution is 0.221. The lowest BCUT2D eigenvalue weighted by Gasteiger charge is -2.33. The van der Waals surface area contributed by atoms with Crippen LogP contribution in [0, 0.1) is 12.8 Å². The molecular formula is C20H22N4O. The fraction of sp³-hybridized carbons (Fsp3) is 0.350. The summed E-state index contributed by atoms with van der Waals surface area (Å²) in [6, 6.07) is 10.2. The van der Waals surface area contributed by atoms with Crippen LogP contribution in [0.2, 0.25) is 0 Å². The maximum Gasteiger partial charge on any atom is 0.139 e. The van der Waals surface area contributed by atoms with Crippen molar-refractivity contribution < 1.29 is 4.74 Å². The predicted molar refractivity (Wildman–Crippen MR) is 98.9 cm³/mol. The molecule has 1 aliphatic rings. The average Bonchev–Trinajstić information content (AvgIpc) is 2.67. The Morgan fingerprint density at radius 3 is 2.80 bits per heavy atom. The van der Waals surface area contributed by atoms with Crippen LogP contribution in [0.15, 0.2) is 49.1 Å². The topological polar surface area (TPSA) is 51.1 Å². The largest absolute Gasteiger partial charge is 0.493 e. The smallest absolute Gasteiger partial charge is 0.139 e. The van der Waals surface area contributed by atoms with Crippen LogP contribution in [-0.2, 0) is 0 Å². The zero-order chi connectivity index (χ0) is 17.1. The number of nitrogens with zero attached hydrogens (tertiary/aromatic N) is 4. The number of rotatable bonds is 4. The van der Waals surface area contributed by atoms with Crippen LogP contribution in [0.25, 0.3) is 10.9 Å². The van der Waals surface area contributed by atoms with Crippen LogP contribution in [-0.4, -0.2) is 34.6 Å². The van der Waals surface area contributed by atoms with Crippen molar-refractivity contribution in [2.45, 2.75) is 19.8 Å². The lowest BCUT2D eigenvalue weighted by atomic mass is 9.97. The fourth-order valence-corrected chi connectivity index (χ4v) is 3.38. The van der Waals surface area contributed by atoms with Gasteiger partial charge in [0, 0.05) is 36.4 Å². The Balaban J connectivity index is 1.39. The molecule has 4 rings (SSSR count). The predicted octanol–water partition coefficient (Wildman–Crippen LogP) is 3.63. The highest BCUT2D eigenvalue weighted by Crippen LogP contribution is 2.27. The van der Waals surface area contributed by atoms with E-state index in [9.17, 15) is 0 Å². The van der Waals surface area contributed by atoms with Crippen molar-refractivity contribution in [3.05, 3.63) is 54.6 Å². The van der Waals surface area contributed by atoms with Crippen LogP contribution < -0.4 is 9.64 Å². The average molecular weight is 334 g/mol. The molecule has 0 unspecified atom stereocenters. The number of ether oxygens (including phenoxy) is 1. The Labute approximate surface area is 147 Å². The molecule has 0 N–H and O–H groups in total. The van der Waals surface area contributed by atoms with Gasteiger partial charge in [0.1, 0.15) is 17.9 Å². The summed E-state index contributed by atoms with van der Waals surface area (Å²) in [5, 5.41) is 1.13. The third-order valence-electron chi connectivity index (χ3n) is 4.88. The van der Waals surface area contributed by atoms with Gasteiger partial charge in [-0.3, -0.25) is 4.98 Å². The number of hydrogen-bond acceptors (Lipinski definition) is 5. The molecule has 0 radical (unpaired) electrons.